The minimum atomic E-state index is -3.79. The summed E-state index contributed by atoms with van der Waals surface area (Å²) in [6, 6.07) is 6.36. The Morgan fingerprint density at radius 1 is 1.43 bits per heavy atom. The second-order valence-electron chi connectivity index (χ2n) is 5.36. The Morgan fingerprint density at radius 2 is 2.09 bits per heavy atom. The molecule has 0 amide bonds. The average Bonchev–Trinajstić information content (AvgIpc) is 2.55. The number of carbonyl (C=O) groups excluding carboxylic acids is 1. The van der Waals surface area contributed by atoms with Crippen molar-refractivity contribution in [2.24, 2.45) is 5.92 Å². The van der Waals surface area contributed by atoms with Gasteiger partial charge in [-0.25, -0.2) is 12.8 Å². The summed E-state index contributed by atoms with van der Waals surface area (Å²) in [5.74, 6) is -1.69. The van der Waals surface area contributed by atoms with Crippen LogP contribution in [0.3, 0.4) is 0 Å². The van der Waals surface area contributed by atoms with E-state index < -0.39 is 33.8 Å². The number of ether oxygens (including phenoxy) is 1. The highest BCUT2D eigenvalue weighted by Crippen LogP contribution is 2.25. The highest BCUT2D eigenvalue weighted by Gasteiger charge is 2.34. The van der Waals surface area contributed by atoms with Crippen molar-refractivity contribution in [3.05, 3.63) is 30.1 Å². The number of hydrogen-bond donors (Lipinski definition) is 0. The van der Waals surface area contributed by atoms with E-state index in [-0.39, 0.29) is 18.0 Å². The number of rotatable bonds is 4. The SMILES string of the molecule is C[C@@H](C#N)OC(=O)[C@@H]1CCCN(S(=O)(=O)c2ccc(F)cc2)C1. The van der Waals surface area contributed by atoms with Gasteiger partial charge in [-0.2, -0.15) is 9.57 Å². The van der Waals surface area contributed by atoms with Crippen LogP contribution in [0, 0.1) is 23.1 Å². The molecule has 1 aliphatic heterocycles. The van der Waals surface area contributed by atoms with Gasteiger partial charge >= 0.3 is 5.97 Å². The molecular formula is C15H17FN2O4S. The summed E-state index contributed by atoms with van der Waals surface area (Å²) in [4.78, 5) is 12.0. The second kappa shape index (κ2) is 7.06. The molecule has 0 N–H and O–H groups in total. The number of nitrogens with zero attached hydrogens (tertiary/aromatic N) is 2. The van der Waals surface area contributed by atoms with Crippen molar-refractivity contribution in [1.82, 2.24) is 4.31 Å². The van der Waals surface area contributed by atoms with Crippen LogP contribution in [0.2, 0.25) is 0 Å². The van der Waals surface area contributed by atoms with Crippen LogP contribution >= 0.6 is 0 Å². The fraction of sp³-hybridized carbons (Fsp3) is 0.467. The predicted octanol–water partition coefficient (Wildman–Crippen LogP) is 1.68. The van der Waals surface area contributed by atoms with Crippen LogP contribution in [-0.2, 0) is 19.6 Å². The first-order chi connectivity index (χ1) is 10.8. The summed E-state index contributed by atoms with van der Waals surface area (Å²) in [5, 5.41) is 8.67. The molecule has 0 bridgehead atoms. The van der Waals surface area contributed by atoms with E-state index in [9.17, 15) is 17.6 Å². The van der Waals surface area contributed by atoms with Crippen molar-refractivity contribution in [3.63, 3.8) is 0 Å². The lowest BCUT2D eigenvalue weighted by molar-refractivity contribution is -0.152. The first-order valence-electron chi connectivity index (χ1n) is 7.20. The van der Waals surface area contributed by atoms with Crippen LogP contribution in [0.15, 0.2) is 29.2 Å². The summed E-state index contributed by atoms with van der Waals surface area (Å²) >= 11 is 0. The molecule has 1 fully saturated rings. The molecule has 1 saturated heterocycles. The monoisotopic (exact) mass is 340 g/mol. The van der Waals surface area contributed by atoms with Crippen molar-refractivity contribution in [3.8, 4) is 6.07 Å². The van der Waals surface area contributed by atoms with Gasteiger partial charge in [-0.15, -0.1) is 0 Å². The van der Waals surface area contributed by atoms with Crippen LogP contribution in [0.25, 0.3) is 0 Å². The van der Waals surface area contributed by atoms with Gasteiger partial charge in [0.05, 0.1) is 10.8 Å². The van der Waals surface area contributed by atoms with Gasteiger partial charge in [0.2, 0.25) is 10.0 Å². The number of sulfonamides is 1. The van der Waals surface area contributed by atoms with Gasteiger partial charge in [0.1, 0.15) is 11.9 Å². The van der Waals surface area contributed by atoms with E-state index in [0.29, 0.717) is 12.8 Å². The smallest absolute Gasteiger partial charge is 0.311 e. The first kappa shape index (κ1) is 17.4. The summed E-state index contributed by atoms with van der Waals surface area (Å²) in [5.41, 5.74) is 0. The first-order valence-corrected chi connectivity index (χ1v) is 8.64. The number of carbonyl (C=O) groups is 1. The summed E-state index contributed by atoms with van der Waals surface area (Å²) in [6.45, 7) is 1.74. The molecule has 0 aliphatic carbocycles. The molecule has 1 aliphatic rings. The quantitative estimate of drug-likeness (QED) is 0.778. The third kappa shape index (κ3) is 4.06. The van der Waals surface area contributed by atoms with Gasteiger partial charge in [0.25, 0.3) is 0 Å². The maximum absolute atomic E-state index is 12.9. The summed E-state index contributed by atoms with van der Waals surface area (Å²) < 4.78 is 44.2. The zero-order valence-electron chi connectivity index (χ0n) is 12.6. The molecule has 2 atom stereocenters. The lowest BCUT2D eigenvalue weighted by Gasteiger charge is -2.30. The molecule has 124 valence electrons. The van der Waals surface area contributed by atoms with E-state index in [1.807, 2.05) is 0 Å². The van der Waals surface area contributed by atoms with Gasteiger partial charge in [-0.1, -0.05) is 0 Å². The van der Waals surface area contributed by atoms with E-state index in [4.69, 9.17) is 10.00 Å². The molecule has 0 saturated carbocycles. The maximum Gasteiger partial charge on any atom is 0.311 e. The Kier molecular flexibility index (Phi) is 5.34. The molecule has 1 aromatic carbocycles. The molecule has 1 heterocycles. The van der Waals surface area contributed by atoms with Crippen LogP contribution in [0.1, 0.15) is 19.8 Å². The summed E-state index contributed by atoms with van der Waals surface area (Å²) in [7, 11) is -3.79. The van der Waals surface area contributed by atoms with Gasteiger partial charge in [-0.05, 0) is 44.0 Å². The molecule has 0 spiro atoms. The minimum absolute atomic E-state index is 0.00328. The Balaban J connectivity index is 2.13. The van der Waals surface area contributed by atoms with Gasteiger partial charge in [0.15, 0.2) is 6.10 Å². The summed E-state index contributed by atoms with van der Waals surface area (Å²) in [6.07, 6.45) is 0.152. The molecule has 8 heteroatoms. The van der Waals surface area contributed by atoms with Crippen molar-refractivity contribution in [1.29, 1.82) is 5.26 Å². The minimum Gasteiger partial charge on any atom is -0.447 e. The van der Waals surface area contributed by atoms with E-state index in [1.165, 1.54) is 23.4 Å². The van der Waals surface area contributed by atoms with Crippen molar-refractivity contribution in [2.75, 3.05) is 13.1 Å². The number of benzene rings is 1. The fourth-order valence-corrected chi connectivity index (χ4v) is 3.93. The van der Waals surface area contributed by atoms with Crippen LogP contribution in [0.4, 0.5) is 4.39 Å². The van der Waals surface area contributed by atoms with E-state index in [2.05, 4.69) is 0 Å². The van der Waals surface area contributed by atoms with E-state index >= 15 is 0 Å². The number of esters is 1. The number of nitriles is 1. The number of piperidine rings is 1. The third-order valence-electron chi connectivity index (χ3n) is 3.64. The standard InChI is InChI=1S/C15H17FN2O4S/c1-11(9-17)22-15(19)12-3-2-8-18(10-12)23(20,21)14-6-4-13(16)5-7-14/h4-7,11-12H,2-3,8,10H2,1H3/t11-,12+/m0/s1. The molecule has 0 aromatic heterocycles. The highest BCUT2D eigenvalue weighted by atomic mass is 32.2. The zero-order valence-corrected chi connectivity index (χ0v) is 13.4. The largest absolute Gasteiger partial charge is 0.447 e. The average molecular weight is 340 g/mol. The highest BCUT2D eigenvalue weighted by molar-refractivity contribution is 7.89. The molecule has 0 unspecified atom stereocenters. The van der Waals surface area contributed by atoms with E-state index in [1.54, 1.807) is 6.07 Å². The molecular weight excluding hydrogens is 323 g/mol. The third-order valence-corrected chi connectivity index (χ3v) is 5.52. The van der Waals surface area contributed by atoms with Crippen LogP contribution in [-0.4, -0.2) is 37.9 Å². The lowest BCUT2D eigenvalue weighted by Crippen LogP contribution is -2.43. The van der Waals surface area contributed by atoms with E-state index in [0.717, 1.165) is 12.1 Å². The van der Waals surface area contributed by atoms with Gasteiger partial charge < -0.3 is 4.74 Å². The Hall–Kier alpha value is -1.98. The fourth-order valence-electron chi connectivity index (χ4n) is 2.41. The van der Waals surface area contributed by atoms with Crippen LogP contribution in [0.5, 0.6) is 0 Å². The van der Waals surface area contributed by atoms with Crippen molar-refractivity contribution < 1.29 is 22.3 Å². The molecule has 0 radical (unpaired) electrons. The van der Waals surface area contributed by atoms with Crippen molar-refractivity contribution in [2.45, 2.75) is 30.8 Å². The van der Waals surface area contributed by atoms with Crippen LogP contribution < -0.4 is 0 Å². The number of hydrogen-bond acceptors (Lipinski definition) is 5. The predicted molar refractivity (Wildman–Crippen MR) is 79.0 cm³/mol. The normalized spacial score (nSPS) is 20.5. The Labute approximate surface area is 134 Å². The Bertz CT molecular complexity index is 712. The topological polar surface area (TPSA) is 87.5 Å². The van der Waals surface area contributed by atoms with Gasteiger partial charge in [0, 0.05) is 13.1 Å². The van der Waals surface area contributed by atoms with Crippen molar-refractivity contribution >= 4 is 16.0 Å². The number of halogens is 1. The second-order valence-corrected chi connectivity index (χ2v) is 7.30. The Morgan fingerprint density at radius 3 is 2.70 bits per heavy atom. The maximum atomic E-state index is 12.9. The zero-order chi connectivity index (χ0) is 17.0. The molecule has 1 aromatic rings. The van der Waals surface area contributed by atoms with Gasteiger partial charge in [-0.3, -0.25) is 4.79 Å². The molecule has 23 heavy (non-hydrogen) atoms. The lowest BCUT2D eigenvalue weighted by atomic mass is 10.00. The molecule has 6 nitrogen and oxygen atoms in total. The molecule has 2 rings (SSSR count).